The van der Waals surface area contributed by atoms with Crippen LogP contribution >= 0.6 is 0 Å². The van der Waals surface area contributed by atoms with Crippen molar-refractivity contribution < 1.29 is 0 Å². The van der Waals surface area contributed by atoms with Crippen molar-refractivity contribution in [3.63, 3.8) is 0 Å². The van der Waals surface area contributed by atoms with Gasteiger partial charge in [-0.3, -0.25) is 4.98 Å². The molecule has 8 rings (SSSR count). The lowest BCUT2D eigenvalue weighted by Crippen LogP contribution is -2.28. The van der Waals surface area contributed by atoms with E-state index in [1.807, 2.05) is 6.20 Å². The van der Waals surface area contributed by atoms with Crippen molar-refractivity contribution in [3.05, 3.63) is 168 Å². The number of fused-ring (bicyclic) bond motifs is 6. The van der Waals surface area contributed by atoms with Gasteiger partial charge in [0.1, 0.15) is 0 Å². The highest BCUT2D eigenvalue weighted by atomic mass is 15.0. The average Bonchev–Trinajstić information content (AvgIpc) is 3.49. The van der Waals surface area contributed by atoms with Gasteiger partial charge in [0.15, 0.2) is 0 Å². The lowest BCUT2D eigenvalue weighted by molar-refractivity contribution is 0.768. The zero-order valence-corrected chi connectivity index (χ0v) is 20.8. The number of benzene rings is 5. The smallest absolute Gasteiger partial charge is 0.0753 e. The Morgan fingerprint density at radius 1 is 0.500 bits per heavy atom. The Bertz CT molecular complexity index is 1920. The summed E-state index contributed by atoms with van der Waals surface area (Å²) in [4.78, 5) is 4.90. The lowest BCUT2D eigenvalue weighted by Gasteiger charge is -2.33. The topological polar surface area (TPSA) is 17.8 Å². The van der Waals surface area contributed by atoms with E-state index in [9.17, 15) is 0 Å². The fourth-order valence-electron chi connectivity index (χ4n) is 6.62. The Hall–Kier alpha value is -4.95. The number of aromatic nitrogens is 2. The normalized spacial score (nSPS) is 16.0. The molecule has 0 spiro atoms. The van der Waals surface area contributed by atoms with E-state index in [0.29, 0.717) is 0 Å². The second kappa shape index (κ2) is 8.03. The summed E-state index contributed by atoms with van der Waals surface area (Å²) in [5, 5.41) is 2.51. The van der Waals surface area contributed by atoms with Crippen molar-refractivity contribution in [2.24, 2.45) is 0 Å². The van der Waals surface area contributed by atoms with Crippen LogP contribution in [0, 0.1) is 0 Å². The first kappa shape index (κ1) is 21.2. The maximum Gasteiger partial charge on any atom is 0.0753 e. The van der Waals surface area contributed by atoms with Crippen LogP contribution in [-0.4, -0.2) is 9.55 Å². The molecule has 38 heavy (non-hydrogen) atoms. The third kappa shape index (κ3) is 2.75. The van der Waals surface area contributed by atoms with Gasteiger partial charge < -0.3 is 4.57 Å². The van der Waals surface area contributed by atoms with Crippen LogP contribution in [-0.2, 0) is 5.41 Å². The average molecular weight is 485 g/mol. The molecule has 1 unspecified atom stereocenters. The summed E-state index contributed by atoms with van der Waals surface area (Å²) in [6.07, 6.45) is 1.91. The summed E-state index contributed by atoms with van der Waals surface area (Å²) in [5.74, 6) is 0. The van der Waals surface area contributed by atoms with Crippen molar-refractivity contribution in [1.29, 1.82) is 0 Å². The second-order valence-electron chi connectivity index (χ2n) is 9.98. The molecule has 0 fully saturated rings. The van der Waals surface area contributed by atoms with Crippen LogP contribution < -0.4 is 0 Å². The highest BCUT2D eigenvalue weighted by Crippen LogP contribution is 2.55. The zero-order chi connectivity index (χ0) is 25.1. The van der Waals surface area contributed by atoms with E-state index in [1.165, 1.54) is 55.3 Å². The van der Waals surface area contributed by atoms with E-state index >= 15 is 0 Å². The van der Waals surface area contributed by atoms with Crippen LogP contribution in [0.25, 0.3) is 38.8 Å². The number of hydrogen-bond acceptors (Lipinski definition) is 1. The Balaban J connectivity index is 1.51. The Labute approximate surface area is 221 Å². The van der Waals surface area contributed by atoms with Crippen molar-refractivity contribution in [2.75, 3.05) is 0 Å². The third-order valence-electron chi connectivity index (χ3n) is 8.12. The lowest BCUT2D eigenvalue weighted by atomic mass is 9.67. The van der Waals surface area contributed by atoms with Crippen molar-refractivity contribution >= 4 is 21.8 Å². The molecule has 2 heterocycles. The predicted octanol–water partition coefficient (Wildman–Crippen LogP) is 8.54. The van der Waals surface area contributed by atoms with Gasteiger partial charge in [-0.05, 0) is 58.7 Å². The van der Waals surface area contributed by atoms with Crippen molar-refractivity contribution in [2.45, 2.75) is 5.41 Å². The van der Waals surface area contributed by atoms with Gasteiger partial charge in [-0.1, -0.05) is 103 Å². The minimum atomic E-state index is -0.453. The van der Waals surface area contributed by atoms with E-state index in [2.05, 4.69) is 144 Å². The summed E-state index contributed by atoms with van der Waals surface area (Å²) in [5.41, 5.74) is 10.4. The molecule has 2 heteroatoms. The number of pyridine rings is 1. The molecule has 2 aromatic heterocycles. The molecule has 0 amide bonds. The SMILES string of the molecule is c1ccc(-n2c3ccccc3c3cc(C4(c5ccccc5)c5ccccc5-c5ncccc54)ccc32)cc1. The predicted molar refractivity (Wildman–Crippen MR) is 156 cm³/mol. The summed E-state index contributed by atoms with van der Waals surface area (Å²) < 4.78 is 2.38. The van der Waals surface area contributed by atoms with Crippen LogP contribution in [0.4, 0.5) is 0 Å². The highest BCUT2D eigenvalue weighted by molar-refractivity contribution is 6.09. The van der Waals surface area contributed by atoms with Crippen molar-refractivity contribution in [3.8, 4) is 16.9 Å². The molecule has 1 aliphatic carbocycles. The molecule has 1 atom stereocenters. The summed E-state index contributed by atoms with van der Waals surface area (Å²) in [7, 11) is 0. The van der Waals surface area contributed by atoms with Gasteiger partial charge in [-0.2, -0.15) is 0 Å². The van der Waals surface area contributed by atoms with Crippen LogP contribution in [0.15, 0.2) is 146 Å². The molecule has 2 nitrogen and oxygen atoms in total. The Kier molecular flexibility index (Phi) is 4.47. The van der Waals surface area contributed by atoms with Gasteiger partial charge in [0, 0.05) is 28.2 Å². The third-order valence-corrected chi connectivity index (χ3v) is 8.12. The minimum absolute atomic E-state index is 0.453. The van der Waals surface area contributed by atoms with E-state index < -0.39 is 5.41 Å². The molecule has 178 valence electrons. The Morgan fingerprint density at radius 3 is 2.05 bits per heavy atom. The molecule has 0 saturated heterocycles. The quantitative estimate of drug-likeness (QED) is 0.246. The van der Waals surface area contributed by atoms with Gasteiger partial charge >= 0.3 is 0 Å². The molecule has 0 radical (unpaired) electrons. The molecule has 0 aliphatic heterocycles. The standard InChI is InChI=1S/C36H24N2/c1-3-12-25(13-4-1)36(31-18-9-7-17-29(31)35-32(36)19-11-23-37-35)26-21-22-34-30(24-26)28-16-8-10-20-33(28)38(34)27-14-5-2-6-15-27/h1-24H. The van der Waals surface area contributed by atoms with Gasteiger partial charge in [-0.25, -0.2) is 0 Å². The molecule has 7 aromatic rings. The Morgan fingerprint density at radius 2 is 1.18 bits per heavy atom. The van der Waals surface area contributed by atoms with Gasteiger partial charge in [-0.15, -0.1) is 0 Å². The van der Waals surface area contributed by atoms with Crippen LogP contribution in [0.1, 0.15) is 22.3 Å². The first-order valence-corrected chi connectivity index (χ1v) is 13.1. The number of nitrogens with zero attached hydrogens (tertiary/aromatic N) is 2. The molecule has 5 aromatic carbocycles. The molecule has 0 bridgehead atoms. The fraction of sp³-hybridized carbons (Fsp3) is 0.0278. The van der Waals surface area contributed by atoms with E-state index in [4.69, 9.17) is 4.98 Å². The van der Waals surface area contributed by atoms with E-state index in [0.717, 1.165) is 5.69 Å². The largest absolute Gasteiger partial charge is 0.309 e. The van der Waals surface area contributed by atoms with Crippen LogP contribution in [0.2, 0.25) is 0 Å². The zero-order valence-electron chi connectivity index (χ0n) is 20.8. The molecular weight excluding hydrogens is 460 g/mol. The van der Waals surface area contributed by atoms with Crippen molar-refractivity contribution in [1.82, 2.24) is 9.55 Å². The van der Waals surface area contributed by atoms with E-state index in [-0.39, 0.29) is 0 Å². The number of rotatable bonds is 3. The van der Waals surface area contributed by atoms with Gasteiger partial charge in [0.2, 0.25) is 0 Å². The molecule has 0 saturated carbocycles. The summed E-state index contributed by atoms with van der Waals surface area (Å²) in [6.45, 7) is 0. The first-order valence-electron chi connectivity index (χ1n) is 13.1. The monoisotopic (exact) mass is 484 g/mol. The van der Waals surface area contributed by atoms with Crippen LogP contribution in [0.3, 0.4) is 0 Å². The van der Waals surface area contributed by atoms with Gasteiger partial charge in [0.25, 0.3) is 0 Å². The minimum Gasteiger partial charge on any atom is -0.309 e. The summed E-state index contributed by atoms with van der Waals surface area (Å²) in [6, 6.07) is 50.4. The van der Waals surface area contributed by atoms with Gasteiger partial charge in [0.05, 0.1) is 22.1 Å². The molecule has 0 N–H and O–H groups in total. The second-order valence-corrected chi connectivity index (χ2v) is 9.98. The maximum atomic E-state index is 4.90. The number of para-hydroxylation sites is 2. The van der Waals surface area contributed by atoms with E-state index in [1.54, 1.807) is 0 Å². The highest BCUT2D eigenvalue weighted by Gasteiger charge is 2.46. The van der Waals surface area contributed by atoms with Crippen LogP contribution in [0.5, 0.6) is 0 Å². The summed E-state index contributed by atoms with van der Waals surface area (Å²) >= 11 is 0. The first-order chi connectivity index (χ1) is 18.9. The molecular formula is C36H24N2. The molecule has 1 aliphatic rings. The maximum absolute atomic E-state index is 4.90. The fourth-order valence-corrected chi connectivity index (χ4v) is 6.62. The number of hydrogen-bond donors (Lipinski definition) is 0.